The lowest BCUT2D eigenvalue weighted by Crippen LogP contribution is -2.58. The van der Waals surface area contributed by atoms with Gasteiger partial charge in [-0.3, -0.25) is 4.90 Å². The van der Waals surface area contributed by atoms with Crippen LogP contribution in [0.4, 0.5) is 0 Å². The molecule has 16 heavy (non-hydrogen) atoms. The average Bonchev–Trinajstić information content (AvgIpc) is 2.33. The molecule has 2 heteroatoms. The van der Waals surface area contributed by atoms with E-state index in [-0.39, 0.29) is 5.54 Å². The van der Waals surface area contributed by atoms with Gasteiger partial charge in [-0.15, -0.1) is 0 Å². The Labute approximate surface area is 102 Å². The van der Waals surface area contributed by atoms with Crippen LogP contribution in [0.25, 0.3) is 0 Å². The Balaban J connectivity index is 2.72. The summed E-state index contributed by atoms with van der Waals surface area (Å²) in [5.74, 6) is 0. The summed E-state index contributed by atoms with van der Waals surface area (Å²) in [5.41, 5.74) is 6.40. The number of rotatable bonds is 6. The maximum absolute atomic E-state index is 6.11. The molecule has 2 atom stereocenters. The van der Waals surface area contributed by atoms with Gasteiger partial charge in [-0.2, -0.15) is 0 Å². The fraction of sp³-hybridized carbons (Fsp3) is 1.00. The summed E-state index contributed by atoms with van der Waals surface area (Å²) in [6.07, 6.45) is 9.19. The Hall–Kier alpha value is -0.0800. The number of unbranched alkanes of at least 4 members (excludes halogenated alkanes) is 1. The number of piperidine rings is 1. The van der Waals surface area contributed by atoms with Gasteiger partial charge in [0.1, 0.15) is 0 Å². The lowest BCUT2D eigenvalue weighted by Gasteiger charge is -2.49. The second kappa shape index (κ2) is 6.61. The fourth-order valence-corrected chi connectivity index (χ4v) is 3.20. The van der Waals surface area contributed by atoms with Crippen molar-refractivity contribution in [1.29, 1.82) is 0 Å². The first-order valence-electron chi connectivity index (χ1n) is 7.17. The van der Waals surface area contributed by atoms with Crippen LogP contribution in [0, 0.1) is 0 Å². The van der Waals surface area contributed by atoms with Gasteiger partial charge >= 0.3 is 0 Å². The van der Waals surface area contributed by atoms with E-state index in [1.54, 1.807) is 0 Å². The second-order valence-corrected chi connectivity index (χ2v) is 5.42. The van der Waals surface area contributed by atoms with Crippen molar-refractivity contribution in [1.82, 2.24) is 4.90 Å². The van der Waals surface area contributed by atoms with Crippen molar-refractivity contribution >= 4 is 0 Å². The topological polar surface area (TPSA) is 29.3 Å². The average molecular weight is 226 g/mol. The maximum atomic E-state index is 6.11. The first-order chi connectivity index (χ1) is 7.70. The van der Waals surface area contributed by atoms with Gasteiger partial charge in [0.05, 0.1) is 0 Å². The van der Waals surface area contributed by atoms with Crippen molar-refractivity contribution in [2.45, 2.75) is 77.3 Å². The van der Waals surface area contributed by atoms with E-state index in [1.807, 2.05) is 0 Å². The second-order valence-electron chi connectivity index (χ2n) is 5.42. The van der Waals surface area contributed by atoms with Crippen molar-refractivity contribution in [3.8, 4) is 0 Å². The molecule has 1 aliphatic rings. The molecule has 1 saturated heterocycles. The van der Waals surface area contributed by atoms with E-state index in [1.165, 1.54) is 51.5 Å². The minimum atomic E-state index is 0.288. The summed E-state index contributed by atoms with van der Waals surface area (Å²) in [4.78, 5) is 2.71. The van der Waals surface area contributed by atoms with E-state index < -0.39 is 0 Å². The Morgan fingerprint density at radius 3 is 2.56 bits per heavy atom. The van der Waals surface area contributed by atoms with Gasteiger partial charge < -0.3 is 5.73 Å². The third-order valence-electron chi connectivity index (χ3n) is 4.45. The fourth-order valence-electron chi connectivity index (χ4n) is 3.20. The molecule has 0 aromatic rings. The van der Waals surface area contributed by atoms with Gasteiger partial charge in [0.2, 0.25) is 0 Å². The molecular weight excluding hydrogens is 196 g/mol. The lowest BCUT2D eigenvalue weighted by atomic mass is 9.84. The maximum Gasteiger partial charge on any atom is 0.0331 e. The minimum absolute atomic E-state index is 0.288. The van der Waals surface area contributed by atoms with Crippen LogP contribution in [0.2, 0.25) is 0 Å². The van der Waals surface area contributed by atoms with Crippen LogP contribution in [-0.4, -0.2) is 29.6 Å². The molecule has 2 unspecified atom stereocenters. The Kier molecular flexibility index (Phi) is 5.77. The monoisotopic (exact) mass is 226 g/mol. The van der Waals surface area contributed by atoms with Crippen molar-refractivity contribution < 1.29 is 0 Å². The van der Waals surface area contributed by atoms with Gasteiger partial charge in [0.25, 0.3) is 0 Å². The molecule has 1 fully saturated rings. The molecule has 2 N–H and O–H groups in total. The molecule has 2 nitrogen and oxygen atoms in total. The molecule has 0 spiro atoms. The summed E-state index contributed by atoms with van der Waals surface area (Å²) < 4.78 is 0. The SMILES string of the molecule is CCCCC(CC)(CN)N1CCCCC1C. The number of hydrogen-bond acceptors (Lipinski definition) is 2. The van der Waals surface area contributed by atoms with E-state index in [0.29, 0.717) is 0 Å². The zero-order valence-electron chi connectivity index (χ0n) is 11.5. The van der Waals surface area contributed by atoms with Gasteiger partial charge in [-0.1, -0.05) is 33.1 Å². The van der Waals surface area contributed by atoms with Crippen LogP contribution in [0.1, 0.15) is 65.7 Å². The Morgan fingerprint density at radius 1 is 1.31 bits per heavy atom. The van der Waals surface area contributed by atoms with E-state index in [0.717, 1.165) is 12.6 Å². The van der Waals surface area contributed by atoms with Crippen LogP contribution in [0.15, 0.2) is 0 Å². The van der Waals surface area contributed by atoms with Crippen molar-refractivity contribution in [2.75, 3.05) is 13.1 Å². The van der Waals surface area contributed by atoms with Crippen LogP contribution in [0.5, 0.6) is 0 Å². The predicted octanol–water partition coefficient (Wildman–Crippen LogP) is 3.16. The zero-order valence-corrected chi connectivity index (χ0v) is 11.5. The molecule has 0 aromatic heterocycles. The van der Waals surface area contributed by atoms with Gasteiger partial charge in [0, 0.05) is 18.1 Å². The highest BCUT2D eigenvalue weighted by Gasteiger charge is 2.36. The summed E-state index contributed by atoms with van der Waals surface area (Å²) in [7, 11) is 0. The molecule has 1 heterocycles. The summed E-state index contributed by atoms with van der Waals surface area (Å²) in [5, 5.41) is 0. The molecule has 96 valence electrons. The third kappa shape index (κ3) is 2.98. The molecule has 1 rings (SSSR count). The van der Waals surface area contributed by atoms with E-state index in [9.17, 15) is 0 Å². The quantitative estimate of drug-likeness (QED) is 0.754. The molecule has 0 radical (unpaired) electrons. The standard InChI is InChI=1S/C14H30N2/c1-4-6-10-14(5-2,12-15)16-11-8-7-9-13(16)3/h13H,4-12,15H2,1-3H3. The number of nitrogens with two attached hydrogens (primary N) is 1. The first kappa shape index (κ1) is 14.0. The lowest BCUT2D eigenvalue weighted by molar-refractivity contribution is 0.0188. The van der Waals surface area contributed by atoms with E-state index in [4.69, 9.17) is 5.73 Å². The zero-order chi connectivity index (χ0) is 12.0. The normalized spacial score (nSPS) is 26.6. The van der Waals surface area contributed by atoms with E-state index >= 15 is 0 Å². The summed E-state index contributed by atoms with van der Waals surface area (Å²) in [6.45, 7) is 9.05. The van der Waals surface area contributed by atoms with Crippen molar-refractivity contribution in [3.63, 3.8) is 0 Å². The highest BCUT2D eigenvalue weighted by molar-refractivity contribution is 4.94. The molecule has 0 amide bonds. The van der Waals surface area contributed by atoms with Gasteiger partial charge in [0.15, 0.2) is 0 Å². The Bertz CT molecular complexity index is 187. The number of likely N-dealkylation sites (tertiary alicyclic amines) is 1. The van der Waals surface area contributed by atoms with Crippen LogP contribution in [-0.2, 0) is 0 Å². The highest BCUT2D eigenvalue weighted by Crippen LogP contribution is 2.31. The third-order valence-corrected chi connectivity index (χ3v) is 4.45. The predicted molar refractivity (Wildman–Crippen MR) is 71.6 cm³/mol. The van der Waals surface area contributed by atoms with Crippen LogP contribution < -0.4 is 5.73 Å². The molecule has 0 aromatic carbocycles. The molecule has 0 saturated carbocycles. The van der Waals surface area contributed by atoms with E-state index in [2.05, 4.69) is 25.7 Å². The van der Waals surface area contributed by atoms with Crippen LogP contribution in [0.3, 0.4) is 0 Å². The van der Waals surface area contributed by atoms with Crippen molar-refractivity contribution in [3.05, 3.63) is 0 Å². The van der Waals surface area contributed by atoms with Gasteiger partial charge in [-0.05, 0) is 39.2 Å². The molecule has 0 bridgehead atoms. The number of nitrogens with zero attached hydrogens (tertiary/aromatic N) is 1. The molecule has 0 aliphatic carbocycles. The summed E-state index contributed by atoms with van der Waals surface area (Å²) >= 11 is 0. The number of hydrogen-bond donors (Lipinski definition) is 1. The highest BCUT2D eigenvalue weighted by atomic mass is 15.2. The minimum Gasteiger partial charge on any atom is -0.329 e. The largest absolute Gasteiger partial charge is 0.329 e. The Morgan fingerprint density at radius 2 is 2.06 bits per heavy atom. The van der Waals surface area contributed by atoms with Crippen LogP contribution >= 0.6 is 0 Å². The summed E-state index contributed by atoms with van der Waals surface area (Å²) in [6, 6.07) is 0.731. The smallest absolute Gasteiger partial charge is 0.0331 e. The van der Waals surface area contributed by atoms with Crippen molar-refractivity contribution in [2.24, 2.45) is 5.73 Å². The molecule has 1 aliphatic heterocycles. The first-order valence-corrected chi connectivity index (χ1v) is 7.17. The molecular formula is C14H30N2. The van der Waals surface area contributed by atoms with Gasteiger partial charge in [-0.25, -0.2) is 0 Å².